The predicted octanol–water partition coefficient (Wildman–Crippen LogP) is 13.2. The van der Waals surface area contributed by atoms with Crippen LogP contribution in [0.2, 0.25) is 0 Å². The molecule has 542 valence electrons. The van der Waals surface area contributed by atoms with Crippen molar-refractivity contribution in [3.05, 3.63) is 210 Å². The van der Waals surface area contributed by atoms with E-state index < -0.39 is 11.6 Å². The highest BCUT2D eigenvalue weighted by Crippen LogP contribution is 2.33. The second kappa shape index (κ2) is 30.8. The number of aliphatic imine (C=N–C) groups is 1. The van der Waals surface area contributed by atoms with Crippen molar-refractivity contribution in [2.24, 2.45) is 4.99 Å². The first-order valence-corrected chi connectivity index (χ1v) is 36.8. The van der Waals surface area contributed by atoms with Gasteiger partial charge in [-0.25, -0.2) is 24.7 Å². The number of nitrogens with one attached hydrogen (secondary N) is 4. The zero-order valence-corrected chi connectivity index (χ0v) is 61.1. The molecule has 0 saturated carbocycles. The van der Waals surface area contributed by atoms with Crippen molar-refractivity contribution in [3.63, 3.8) is 0 Å². The number of carboxylic acid groups (broad SMARTS) is 1. The van der Waals surface area contributed by atoms with E-state index in [1.807, 2.05) is 173 Å². The fourth-order valence-electron chi connectivity index (χ4n) is 11.1. The van der Waals surface area contributed by atoms with E-state index in [9.17, 15) is 9.59 Å². The standard InChI is InChI=1S/C21H22N6O2S.C19H19N7OS.C17H13N7S.C16H12N6O2S/c1-21(2,3)29-17(28)12-13-8-10-14(11-9-13)23-19-25-18(22)27(26-19)20-24-15-6-4-5-7-16(15)30-20;20-17-23-18(24-26(17)19-22-15-3-1-2-4-16(15)28-19)21-13-5-7-14(8-6-13)25-9-11-27-12-10-25;18-15-22-16(20-12-6-5-10-8-19-9-11(10)7-12)23-24(15)17-21-13-3-1-2-4-14(13)25-17;17-14-20-15(18-10-7-5-9(6-8-10)13(23)24)21-22(14)16-19-11-3-1-2-4-12(11)25-16/h4-11H,12H2,1-3H3,(H3,22,23,25,26);1-8H,9-12H2,(H3,20,21,23,24);1-8H,9H2,(H3,18,20,22,23);1-8H,(H,23,24)(H3,17,18,20,21). The quantitative estimate of drug-likeness (QED) is 0.0406. The van der Waals surface area contributed by atoms with Gasteiger partial charge in [0.2, 0.25) is 68.1 Å². The molecular formula is C73H66N26O5S4. The molecule has 8 aromatic heterocycles. The summed E-state index contributed by atoms with van der Waals surface area (Å²) in [6.07, 6.45) is 2.10. The Labute approximate surface area is 630 Å². The average molecular weight is 1520 g/mol. The molecule has 2 aliphatic heterocycles. The Morgan fingerprint density at radius 1 is 0.472 bits per heavy atom. The number of morpholine rings is 1. The number of hydrogen-bond acceptors (Lipinski definition) is 30. The van der Waals surface area contributed by atoms with Crippen LogP contribution < -0.4 is 49.1 Å². The normalized spacial score (nSPS) is 12.4. The number of carbonyl (C=O) groups excluding carboxylic acids is 1. The van der Waals surface area contributed by atoms with E-state index in [1.54, 1.807) is 21.5 Å². The molecule has 0 radical (unpaired) electrons. The lowest BCUT2D eigenvalue weighted by Gasteiger charge is -2.28. The van der Waals surface area contributed by atoms with Crippen LogP contribution in [-0.2, 0) is 27.2 Å². The van der Waals surface area contributed by atoms with Crippen molar-refractivity contribution in [3.8, 4) is 20.5 Å². The minimum absolute atomic E-state index is 0.207. The number of rotatable bonds is 16. The van der Waals surface area contributed by atoms with Gasteiger partial charge in [-0.05, 0) is 159 Å². The summed E-state index contributed by atoms with van der Waals surface area (Å²) in [5.41, 5.74) is 35.0. The number of nitrogens with two attached hydrogens (primary N) is 4. The van der Waals surface area contributed by atoms with E-state index in [-0.39, 0.29) is 29.9 Å². The minimum Gasteiger partial charge on any atom is -0.478 e. The van der Waals surface area contributed by atoms with Gasteiger partial charge in [-0.15, -0.1) is 20.4 Å². The number of aromatic carboxylic acids is 1. The molecular weight excluding hydrogens is 1450 g/mol. The first-order chi connectivity index (χ1) is 52.4. The number of para-hydroxylation sites is 4. The third-order valence-corrected chi connectivity index (χ3v) is 20.2. The summed E-state index contributed by atoms with van der Waals surface area (Å²) in [5, 5.41) is 41.8. The maximum Gasteiger partial charge on any atom is 0.335 e. The number of carbonyl (C=O) groups is 2. The molecule has 13 N–H and O–H groups in total. The summed E-state index contributed by atoms with van der Waals surface area (Å²) in [7, 11) is 0. The fraction of sp³-hybridized carbons (Fsp3) is 0.137. The minimum atomic E-state index is -0.978. The molecule has 16 aromatic rings. The molecule has 0 aliphatic carbocycles. The Balaban J connectivity index is 0.000000115. The number of esters is 1. The summed E-state index contributed by atoms with van der Waals surface area (Å²) in [6, 6.07) is 59.5. The van der Waals surface area contributed by atoms with Gasteiger partial charge in [0.15, 0.2) is 0 Å². The Morgan fingerprint density at radius 2 is 0.833 bits per heavy atom. The number of carboxylic acids is 1. The Hall–Kier alpha value is -13.4. The van der Waals surface area contributed by atoms with Gasteiger partial charge in [-0.2, -0.15) is 38.7 Å². The van der Waals surface area contributed by atoms with E-state index >= 15 is 0 Å². The molecule has 0 unspecified atom stereocenters. The number of nitrogens with zero attached hydrogens (tertiary/aromatic N) is 18. The van der Waals surface area contributed by atoms with Crippen LogP contribution in [0.3, 0.4) is 0 Å². The molecule has 35 heteroatoms. The van der Waals surface area contributed by atoms with Crippen molar-refractivity contribution in [2.75, 3.05) is 75.4 Å². The average Bonchev–Trinajstić information content (AvgIpc) is 1.66. The molecule has 1 fully saturated rings. The molecule has 1 saturated heterocycles. The number of benzene rings is 8. The van der Waals surface area contributed by atoms with Gasteiger partial charge in [-0.1, -0.05) is 112 Å². The SMILES string of the molecule is CC(C)(C)OC(=O)Cc1ccc(Nc2nc(N)n(-c3nc4ccccc4s3)n2)cc1.Nc1nc(Nc2ccc(C(=O)O)cc2)nn1-c1nc2ccccc2s1.Nc1nc(Nc2ccc(N3CCOCC3)cc2)nn1-c1nc2ccccc2s1.Nc1nc(Nc2ccc3c(c2)CN=C3)nn1-c1nc2ccccc2s1. The van der Waals surface area contributed by atoms with E-state index in [1.165, 1.54) is 78.1 Å². The first-order valence-electron chi connectivity index (χ1n) is 33.5. The molecule has 0 spiro atoms. The summed E-state index contributed by atoms with van der Waals surface area (Å²) < 4.78 is 21.1. The molecule has 10 heterocycles. The molecule has 8 aromatic carbocycles. The second-order valence-corrected chi connectivity index (χ2v) is 29.1. The van der Waals surface area contributed by atoms with Crippen LogP contribution >= 0.6 is 45.3 Å². The maximum atomic E-state index is 12.0. The van der Waals surface area contributed by atoms with Crippen LogP contribution in [0.15, 0.2) is 193 Å². The van der Waals surface area contributed by atoms with Crippen LogP contribution in [0, 0.1) is 0 Å². The van der Waals surface area contributed by atoms with Crippen molar-refractivity contribution >= 4 is 180 Å². The predicted molar refractivity (Wildman–Crippen MR) is 426 cm³/mol. The van der Waals surface area contributed by atoms with Gasteiger partial charge < -0.3 is 63.7 Å². The largest absolute Gasteiger partial charge is 0.478 e. The molecule has 18 rings (SSSR count). The fourth-order valence-corrected chi connectivity index (χ4v) is 14.8. The van der Waals surface area contributed by atoms with E-state index in [0.717, 1.165) is 95.4 Å². The summed E-state index contributed by atoms with van der Waals surface area (Å²) in [6.45, 7) is 9.63. The number of thiazole rings is 4. The highest BCUT2D eigenvalue weighted by Gasteiger charge is 2.21. The molecule has 0 atom stereocenters. The third kappa shape index (κ3) is 16.6. The number of nitrogen functional groups attached to an aromatic ring is 4. The number of anilines is 13. The van der Waals surface area contributed by atoms with Gasteiger partial charge in [0.05, 0.1) is 72.6 Å². The van der Waals surface area contributed by atoms with Crippen molar-refractivity contribution in [1.29, 1.82) is 0 Å². The maximum absolute atomic E-state index is 12.0. The van der Waals surface area contributed by atoms with Crippen molar-refractivity contribution in [1.82, 2.24) is 79.0 Å². The zero-order chi connectivity index (χ0) is 74.4. The summed E-state index contributed by atoms with van der Waals surface area (Å²) >= 11 is 6.01. The third-order valence-electron chi connectivity index (χ3n) is 16.1. The lowest BCUT2D eigenvalue weighted by atomic mass is 10.1. The number of aromatic nitrogens is 16. The van der Waals surface area contributed by atoms with Crippen molar-refractivity contribution < 1.29 is 24.2 Å². The van der Waals surface area contributed by atoms with Gasteiger partial charge in [0.25, 0.3) is 0 Å². The second-order valence-electron chi connectivity index (χ2n) is 25.1. The van der Waals surface area contributed by atoms with Gasteiger partial charge in [-0.3, -0.25) is 9.79 Å². The molecule has 0 amide bonds. The van der Waals surface area contributed by atoms with Gasteiger partial charge >= 0.3 is 11.9 Å². The summed E-state index contributed by atoms with van der Waals surface area (Å²) in [4.78, 5) is 64.7. The Morgan fingerprint density at radius 3 is 1.21 bits per heavy atom. The molecule has 108 heavy (non-hydrogen) atoms. The number of fused-ring (bicyclic) bond motifs is 5. The van der Waals surface area contributed by atoms with Gasteiger partial charge in [0, 0.05) is 47.7 Å². The molecule has 2 aliphatic rings. The highest BCUT2D eigenvalue weighted by molar-refractivity contribution is 7.21. The van der Waals surface area contributed by atoms with E-state index in [0.29, 0.717) is 68.4 Å². The van der Waals surface area contributed by atoms with Crippen LogP contribution in [0.5, 0.6) is 0 Å². The molecule has 31 nitrogen and oxygen atoms in total. The van der Waals surface area contributed by atoms with E-state index in [4.69, 9.17) is 37.5 Å². The van der Waals surface area contributed by atoms with Crippen LogP contribution in [0.1, 0.15) is 47.8 Å². The smallest absolute Gasteiger partial charge is 0.335 e. The lowest BCUT2D eigenvalue weighted by molar-refractivity contribution is -0.153. The lowest BCUT2D eigenvalue weighted by Crippen LogP contribution is -2.36. The highest BCUT2D eigenvalue weighted by atomic mass is 32.1. The van der Waals surface area contributed by atoms with Crippen molar-refractivity contribution in [2.45, 2.75) is 39.3 Å². The number of hydrogen-bond donors (Lipinski definition) is 9. The first kappa shape index (κ1) is 70.3. The van der Waals surface area contributed by atoms with Crippen LogP contribution in [-0.4, -0.2) is 134 Å². The Bertz CT molecular complexity index is 5800. The zero-order valence-electron chi connectivity index (χ0n) is 57.8. The molecule has 0 bridgehead atoms. The van der Waals surface area contributed by atoms with Gasteiger partial charge in [0.1, 0.15) is 5.60 Å². The van der Waals surface area contributed by atoms with Crippen LogP contribution in [0.4, 0.5) is 76.0 Å². The summed E-state index contributed by atoms with van der Waals surface area (Å²) in [5.74, 6) is 1.37. The number of ether oxygens (including phenoxy) is 2. The monoisotopic (exact) mass is 1510 g/mol. The topological polar surface area (TPSA) is 415 Å². The van der Waals surface area contributed by atoms with E-state index in [2.05, 4.69) is 110 Å². The van der Waals surface area contributed by atoms with Crippen LogP contribution in [0.25, 0.3) is 61.4 Å². The Kier molecular flexibility index (Phi) is 20.0.